The average Bonchev–Trinajstić information content (AvgIpc) is 2.99. The van der Waals surface area contributed by atoms with Crippen LogP contribution >= 0.6 is 11.8 Å². The van der Waals surface area contributed by atoms with Gasteiger partial charge in [0.2, 0.25) is 0 Å². The molecular formula is C12H23NS. The highest BCUT2D eigenvalue weighted by Gasteiger charge is 2.41. The number of hydrogen-bond donors (Lipinski definition) is 1. The molecule has 14 heavy (non-hydrogen) atoms. The van der Waals surface area contributed by atoms with Crippen LogP contribution < -0.4 is 5.32 Å². The van der Waals surface area contributed by atoms with Gasteiger partial charge in [-0.05, 0) is 57.6 Å². The second-order valence-electron chi connectivity index (χ2n) is 5.55. The molecule has 0 saturated heterocycles. The van der Waals surface area contributed by atoms with Crippen LogP contribution in [0.15, 0.2) is 0 Å². The predicted molar refractivity (Wildman–Crippen MR) is 64.8 cm³/mol. The molecule has 2 heteroatoms. The fourth-order valence-corrected chi connectivity index (χ4v) is 2.29. The molecule has 0 aromatic carbocycles. The Morgan fingerprint density at radius 3 is 2.07 bits per heavy atom. The topological polar surface area (TPSA) is 12.0 Å². The molecule has 0 radical (unpaired) electrons. The van der Waals surface area contributed by atoms with Crippen LogP contribution in [0.4, 0.5) is 0 Å². The Kier molecular flexibility index (Phi) is 3.13. The summed E-state index contributed by atoms with van der Waals surface area (Å²) in [6, 6.07) is 0.862. The molecule has 0 spiro atoms. The van der Waals surface area contributed by atoms with Gasteiger partial charge in [-0.15, -0.1) is 0 Å². The van der Waals surface area contributed by atoms with E-state index in [9.17, 15) is 0 Å². The molecule has 0 aromatic rings. The largest absolute Gasteiger partial charge is 0.312 e. The molecule has 2 saturated carbocycles. The van der Waals surface area contributed by atoms with Gasteiger partial charge < -0.3 is 5.32 Å². The van der Waals surface area contributed by atoms with E-state index in [-0.39, 0.29) is 0 Å². The summed E-state index contributed by atoms with van der Waals surface area (Å²) < 4.78 is 0.405. The van der Waals surface area contributed by atoms with E-state index in [2.05, 4.69) is 25.4 Å². The van der Waals surface area contributed by atoms with Crippen molar-refractivity contribution in [3.63, 3.8) is 0 Å². The van der Waals surface area contributed by atoms with Crippen molar-refractivity contribution in [3.8, 4) is 0 Å². The van der Waals surface area contributed by atoms with Gasteiger partial charge >= 0.3 is 0 Å². The summed E-state index contributed by atoms with van der Waals surface area (Å²) in [5.74, 6) is 2.06. The minimum atomic E-state index is 0.405. The molecular weight excluding hydrogens is 190 g/mol. The third-order valence-electron chi connectivity index (χ3n) is 3.58. The zero-order chi connectivity index (χ0) is 10.2. The summed E-state index contributed by atoms with van der Waals surface area (Å²) in [6.45, 7) is 5.84. The zero-order valence-corrected chi connectivity index (χ0v) is 10.5. The lowest BCUT2D eigenvalue weighted by Crippen LogP contribution is -2.41. The Balaban J connectivity index is 1.76. The molecule has 0 amide bonds. The Morgan fingerprint density at radius 2 is 1.71 bits per heavy atom. The molecule has 2 rings (SSSR count). The summed E-state index contributed by atoms with van der Waals surface area (Å²) in [4.78, 5) is 0. The third-order valence-corrected chi connectivity index (χ3v) is 4.83. The number of nitrogens with one attached hydrogen (secondary N) is 1. The van der Waals surface area contributed by atoms with E-state index >= 15 is 0 Å². The molecule has 0 aromatic heterocycles. The SMILES string of the molecule is CSC(C)(C)CNC(C1CC1)C1CC1. The van der Waals surface area contributed by atoms with E-state index in [1.54, 1.807) is 0 Å². The highest BCUT2D eigenvalue weighted by atomic mass is 32.2. The lowest BCUT2D eigenvalue weighted by Gasteiger charge is -2.27. The fraction of sp³-hybridized carbons (Fsp3) is 1.00. The summed E-state index contributed by atoms with van der Waals surface area (Å²) in [5, 5.41) is 3.81. The van der Waals surface area contributed by atoms with E-state index in [1.165, 1.54) is 32.2 Å². The van der Waals surface area contributed by atoms with Gasteiger partial charge in [-0.2, -0.15) is 11.8 Å². The summed E-state index contributed by atoms with van der Waals surface area (Å²) in [6.07, 6.45) is 8.13. The Morgan fingerprint density at radius 1 is 1.21 bits per heavy atom. The van der Waals surface area contributed by atoms with E-state index in [0.29, 0.717) is 4.75 Å². The van der Waals surface area contributed by atoms with Gasteiger partial charge in [-0.3, -0.25) is 0 Å². The first-order valence-corrected chi connectivity index (χ1v) is 7.13. The Hall–Kier alpha value is 0.310. The quantitative estimate of drug-likeness (QED) is 0.728. The monoisotopic (exact) mass is 213 g/mol. The van der Waals surface area contributed by atoms with Crippen LogP contribution in [0.2, 0.25) is 0 Å². The van der Waals surface area contributed by atoms with E-state index in [1.807, 2.05) is 11.8 Å². The van der Waals surface area contributed by atoms with Gasteiger partial charge in [-0.1, -0.05) is 0 Å². The number of hydrogen-bond acceptors (Lipinski definition) is 2. The second kappa shape index (κ2) is 4.05. The van der Waals surface area contributed by atoms with Crippen molar-refractivity contribution in [2.75, 3.05) is 12.8 Å². The Labute approximate surface area is 92.4 Å². The van der Waals surface area contributed by atoms with E-state index in [4.69, 9.17) is 0 Å². The van der Waals surface area contributed by atoms with Gasteiger partial charge in [0.1, 0.15) is 0 Å². The highest BCUT2D eigenvalue weighted by Crippen LogP contribution is 2.44. The van der Waals surface area contributed by atoms with Crippen molar-refractivity contribution >= 4 is 11.8 Å². The highest BCUT2D eigenvalue weighted by molar-refractivity contribution is 7.99. The van der Waals surface area contributed by atoms with Gasteiger partial charge in [0.25, 0.3) is 0 Å². The predicted octanol–water partition coefficient (Wildman–Crippen LogP) is 2.91. The maximum atomic E-state index is 3.81. The Bertz CT molecular complexity index is 182. The third kappa shape index (κ3) is 2.90. The van der Waals surface area contributed by atoms with Gasteiger partial charge in [0.05, 0.1) is 0 Å². The first-order chi connectivity index (χ1) is 6.62. The van der Waals surface area contributed by atoms with Crippen LogP contribution in [0.25, 0.3) is 0 Å². The van der Waals surface area contributed by atoms with Gasteiger partial charge in [0.15, 0.2) is 0 Å². The minimum Gasteiger partial charge on any atom is -0.312 e. The average molecular weight is 213 g/mol. The number of rotatable bonds is 6. The second-order valence-corrected chi connectivity index (χ2v) is 7.06. The van der Waals surface area contributed by atoms with Crippen molar-refractivity contribution < 1.29 is 0 Å². The fourth-order valence-electron chi connectivity index (χ4n) is 2.06. The van der Waals surface area contributed by atoms with Crippen LogP contribution in [-0.2, 0) is 0 Å². The van der Waals surface area contributed by atoms with Crippen molar-refractivity contribution in [1.82, 2.24) is 5.32 Å². The normalized spacial score (nSPS) is 23.1. The summed E-state index contributed by atoms with van der Waals surface area (Å²) in [7, 11) is 0. The lowest BCUT2D eigenvalue weighted by molar-refractivity contribution is 0.401. The summed E-state index contributed by atoms with van der Waals surface area (Å²) >= 11 is 1.97. The van der Waals surface area contributed by atoms with Crippen molar-refractivity contribution in [2.24, 2.45) is 11.8 Å². The molecule has 2 fully saturated rings. The summed E-state index contributed by atoms with van der Waals surface area (Å²) in [5.41, 5.74) is 0. The van der Waals surface area contributed by atoms with Crippen LogP contribution in [-0.4, -0.2) is 23.6 Å². The van der Waals surface area contributed by atoms with Gasteiger partial charge in [0, 0.05) is 17.3 Å². The molecule has 0 aliphatic heterocycles. The molecule has 0 heterocycles. The van der Waals surface area contributed by atoms with Crippen LogP contribution in [0.3, 0.4) is 0 Å². The van der Waals surface area contributed by atoms with Crippen molar-refractivity contribution in [1.29, 1.82) is 0 Å². The van der Waals surface area contributed by atoms with E-state index in [0.717, 1.165) is 17.9 Å². The molecule has 0 atom stereocenters. The van der Waals surface area contributed by atoms with Gasteiger partial charge in [-0.25, -0.2) is 0 Å². The first kappa shape index (κ1) is 10.8. The molecule has 2 aliphatic rings. The van der Waals surface area contributed by atoms with Crippen LogP contribution in [0, 0.1) is 11.8 Å². The molecule has 2 aliphatic carbocycles. The molecule has 0 bridgehead atoms. The lowest BCUT2D eigenvalue weighted by atomic mass is 10.1. The molecule has 1 N–H and O–H groups in total. The molecule has 82 valence electrons. The smallest absolute Gasteiger partial charge is 0.0225 e. The van der Waals surface area contributed by atoms with Crippen LogP contribution in [0.1, 0.15) is 39.5 Å². The molecule has 0 unspecified atom stereocenters. The standard InChI is InChI=1S/C12H23NS/c1-12(2,14-3)8-13-11(9-4-5-9)10-6-7-10/h9-11,13H,4-8H2,1-3H3. The maximum absolute atomic E-state index is 3.81. The first-order valence-electron chi connectivity index (χ1n) is 5.91. The number of thioether (sulfide) groups is 1. The van der Waals surface area contributed by atoms with Crippen molar-refractivity contribution in [3.05, 3.63) is 0 Å². The van der Waals surface area contributed by atoms with E-state index < -0.39 is 0 Å². The van der Waals surface area contributed by atoms with Crippen LogP contribution in [0.5, 0.6) is 0 Å². The zero-order valence-electron chi connectivity index (χ0n) is 9.68. The minimum absolute atomic E-state index is 0.405. The molecule has 1 nitrogen and oxygen atoms in total. The van der Waals surface area contributed by atoms with Crippen molar-refractivity contribution in [2.45, 2.75) is 50.3 Å². The maximum Gasteiger partial charge on any atom is 0.0225 e.